The van der Waals surface area contributed by atoms with E-state index < -0.39 is 117 Å². The minimum atomic E-state index is -5.42. The zero-order valence-corrected chi connectivity index (χ0v) is 36.2. The van der Waals surface area contributed by atoms with Crippen LogP contribution in [0.3, 0.4) is 0 Å². The molecule has 0 saturated carbocycles. The van der Waals surface area contributed by atoms with E-state index in [0.717, 1.165) is 40.8 Å². The van der Waals surface area contributed by atoms with E-state index in [-0.39, 0.29) is 50.9 Å². The Morgan fingerprint density at radius 3 is 1.22 bits per heavy atom. The van der Waals surface area contributed by atoms with Crippen molar-refractivity contribution in [3.8, 4) is 0 Å². The van der Waals surface area contributed by atoms with Crippen LogP contribution in [0, 0.1) is 0 Å². The SMILES string of the molecule is Nc1ncnc2c1ncn2[C@@H]1O[C@H](COP(=O)(O)O[C@@H]2[C@H](O)[C@@H](COP(=O)(O)O[C@@H]3[C@H](O)[C@@H](COP(=O)(O)O)O[C@H]3n3cnc4c(N)ncnc43)O[C@H]2n2cnc3c(N)ncnc32)[C@@H](O)C1O. The average Bonchev–Trinajstić information content (AvgIpc) is 4.13. The predicted octanol–water partition coefficient (Wildman–Crippen LogP) is -3.50. The van der Waals surface area contributed by atoms with E-state index in [1.165, 1.54) is 10.9 Å². The van der Waals surface area contributed by atoms with Crippen LogP contribution in [-0.4, -0.2) is 173 Å². The van der Waals surface area contributed by atoms with Crippen LogP contribution in [0.1, 0.15) is 18.7 Å². The number of aliphatic hydroxyl groups excluding tert-OH is 4. The van der Waals surface area contributed by atoms with Crippen LogP contribution < -0.4 is 17.2 Å². The molecule has 9 rings (SSSR count). The van der Waals surface area contributed by atoms with Crippen molar-refractivity contribution in [2.24, 2.45) is 0 Å². The third-order valence-corrected chi connectivity index (χ3v) is 13.1. The number of phosphoric ester groups is 3. The maximum Gasteiger partial charge on any atom is 0.472 e. The average molecular weight is 1010 g/mol. The Balaban J connectivity index is 0.918. The summed E-state index contributed by atoms with van der Waals surface area (Å²) in [6.45, 7) is -2.85. The first-order chi connectivity index (χ1) is 31.7. The molecule has 0 amide bonds. The normalized spacial score (nSPS) is 31.0. The summed E-state index contributed by atoms with van der Waals surface area (Å²) >= 11 is 0. The van der Waals surface area contributed by atoms with E-state index in [1.54, 1.807) is 0 Å². The Morgan fingerprint density at radius 1 is 0.493 bits per heavy atom. The van der Waals surface area contributed by atoms with Gasteiger partial charge >= 0.3 is 23.5 Å². The summed E-state index contributed by atoms with van der Waals surface area (Å²) in [7, 11) is -15.9. The first-order valence-electron chi connectivity index (χ1n) is 19.2. The Hall–Kier alpha value is -4.90. The van der Waals surface area contributed by atoms with Crippen LogP contribution in [-0.2, 0) is 50.5 Å². The molecule has 0 aromatic carbocycles. The van der Waals surface area contributed by atoms with Gasteiger partial charge in [0.25, 0.3) is 0 Å². The molecule has 3 aliphatic heterocycles. The summed E-state index contributed by atoms with van der Waals surface area (Å²) in [6.07, 6.45) is -13.7. The zero-order valence-electron chi connectivity index (χ0n) is 33.5. The molecular weight excluding hydrogens is 967 g/mol. The first kappa shape index (κ1) is 47.2. The molecule has 34 nitrogen and oxygen atoms in total. The molecule has 14 atom stereocenters. The highest BCUT2D eigenvalue weighted by atomic mass is 31.2. The van der Waals surface area contributed by atoms with E-state index >= 15 is 0 Å². The standard InChI is InChI=1S/C30H38N15O19P3/c31-22-13-25(37-4-34-22)43(7-40-13)28-19(49)16(46)10(60-28)2-58-66(53,54)64-21-18(48)12(62-30(21)45-9-42-15-24(33)36-6-39-27(15)45)3-59-67(55,56)63-20-17(47)11(1-57-65(50,51)52)61-29(20)44-8-41-14-23(32)35-5-38-26(14)44/h4-12,16-21,28-30,46-49H,1-3H2,(H,53,54)(H,55,56)(H2,31,34,37)(H2,32,35,38)(H2,33,36,39)(H2,50,51,52)/t10-,11-,12-,16-,17-,18-,19?,20-,21-,28-,29-,30-/m1/s1. The number of nitrogens with zero attached hydrogens (tertiary/aromatic N) is 12. The van der Waals surface area contributed by atoms with Crippen molar-refractivity contribution >= 4 is 74.4 Å². The topological polar surface area (TPSA) is 496 Å². The van der Waals surface area contributed by atoms with Crippen LogP contribution >= 0.6 is 23.5 Å². The summed E-state index contributed by atoms with van der Waals surface area (Å²) in [4.78, 5) is 76.7. The van der Waals surface area contributed by atoms with Crippen molar-refractivity contribution in [2.75, 3.05) is 37.0 Å². The van der Waals surface area contributed by atoms with E-state index in [0.29, 0.717) is 0 Å². The number of hydrogen-bond acceptors (Lipinski definition) is 27. The Morgan fingerprint density at radius 2 is 0.836 bits per heavy atom. The van der Waals surface area contributed by atoms with E-state index in [1.807, 2.05) is 0 Å². The smallest absolute Gasteiger partial charge is 0.387 e. The van der Waals surface area contributed by atoms with Crippen molar-refractivity contribution in [2.45, 2.75) is 73.6 Å². The predicted molar refractivity (Wildman–Crippen MR) is 214 cm³/mol. The van der Waals surface area contributed by atoms with E-state index in [2.05, 4.69) is 49.4 Å². The molecular formula is C30H38N15O19P3. The molecule has 3 saturated heterocycles. The fourth-order valence-electron chi connectivity index (χ4n) is 7.53. The number of aliphatic hydroxyl groups is 4. The highest BCUT2D eigenvalue weighted by Gasteiger charge is 2.53. The maximum absolute atomic E-state index is 13.6. The van der Waals surface area contributed by atoms with Crippen LogP contribution in [0.25, 0.3) is 33.5 Å². The third kappa shape index (κ3) is 9.22. The molecule has 0 spiro atoms. The summed E-state index contributed by atoms with van der Waals surface area (Å²) < 4.78 is 85.4. The van der Waals surface area contributed by atoms with Crippen molar-refractivity contribution in [3.05, 3.63) is 38.0 Å². The second-order valence-electron chi connectivity index (χ2n) is 14.9. The van der Waals surface area contributed by atoms with Crippen molar-refractivity contribution < 1.29 is 90.5 Å². The number of nitrogens with two attached hydrogens (primary N) is 3. The van der Waals surface area contributed by atoms with Gasteiger partial charge in [-0.2, -0.15) is 0 Å². The third-order valence-electron chi connectivity index (χ3n) is 10.7. The number of ether oxygens (including phenoxy) is 3. The second-order valence-corrected chi connectivity index (χ2v) is 18.9. The number of fused-ring (bicyclic) bond motifs is 3. The summed E-state index contributed by atoms with van der Waals surface area (Å²) in [5.74, 6) is -0.135. The minimum Gasteiger partial charge on any atom is -0.387 e. The van der Waals surface area contributed by atoms with Crippen molar-refractivity contribution in [1.29, 1.82) is 0 Å². The van der Waals surface area contributed by atoms with Gasteiger partial charge in [0.1, 0.15) is 90.5 Å². The molecule has 0 bridgehead atoms. The first-order valence-corrected chi connectivity index (χ1v) is 23.7. The van der Waals surface area contributed by atoms with Gasteiger partial charge in [-0.1, -0.05) is 0 Å². The number of aromatic nitrogens is 12. The lowest BCUT2D eigenvalue weighted by atomic mass is 10.1. The summed E-state index contributed by atoms with van der Waals surface area (Å²) in [5, 5.41) is 44.4. The fourth-order valence-corrected chi connectivity index (χ4v) is 9.73. The largest absolute Gasteiger partial charge is 0.472 e. The van der Waals surface area contributed by atoms with Gasteiger partial charge in [0.15, 0.2) is 53.1 Å². The minimum absolute atomic E-state index is 0.00856. The lowest BCUT2D eigenvalue weighted by Crippen LogP contribution is -2.37. The number of nitrogen functional groups attached to an aromatic ring is 3. The van der Waals surface area contributed by atoms with Gasteiger partial charge in [-0.05, 0) is 0 Å². The molecule has 3 unspecified atom stereocenters. The molecule has 14 N–H and O–H groups in total. The molecule has 37 heteroatoms. The van der Waals surface area contributed by atoms with Crippen LogP contribution in [0.4, 0.5) is 17.5 Å². The molecule has 0 radical (unpaired) electrons. The molecule has 0 aliphatic carbocycles. The summed E-state index contributed by atoms with van der Waals surface area (Å²) in [5.41, 5.74) is 18.0. The number of anilines is 3. The second kappa shape index (κ2) is 17.9. The number of phosphoric acid groups is 3. The quantitative estimate of drug-likeness (QED) is 0.0419. The summed E-state index contributed by atoms with van der Waals surface area (Å²) in [6, 6.07) is 0. The van der Waals surface area contributed by atoms with Gasteiger partial charge in [-0.25, -0.2) is 58.6 Å². The Kier molecular flexibility index (Phi) is 12.6. The molecule has 6 aromatic heterocycles. The van der Waals surface area contributed by atoms with Crippen LogP contribution in [0.5, 0.6) is 0 Å². The molecule has 362 valence electrons. The number of rotatable bonds is 16. The van der Waals surface area contributed by atoms with Gasteiger partial charge in [0, 0.05) is 0 Å². The Bertz CT molecular complexity index is 2940. The van der Waals surface area contributed by atoms with Gasteiger partial charge in [0.05, 0.1) is 38.8 Å². The fraction of sp³-hybridized carbons (Fsp3) is 0.500. The molecule has 3 fully saturated rings. The Labute approximate surface area is 371 Å². The highest BCUT2D eigenvalue weighted by Crippen LogP contribution is 2.53. The maximum atomic E-state index is 13.6. The molecule has 67 heavy (non-hydrogen) atoms. The lowest BCUT2D eigenvalue weighted by molar-refractivity contribution is -0.0644. The molecule has 6 aromatic rings. The van der Waals surface area contributed by atoms with Crippen LogP contribution in [0.15, 0.2) is 38.0 Å². The van der Waals surface area contributed by atoms with Crippen molar-refractivity contribution in [1.82, 2.24) is 58.6 Å². The van der Waals surface area contributed by atoms with Gasteiger partial charge < -0.3 is 71.4 Å². The van der Waals surface area contributed by atoms with E-state index in [9.17, 15) is 53.7 Å². The zero-order chi connectivity index (χ0) is 47.7. The van der Waals surface area contributed by atoms with Gasteiger partial charge in [-0.3, -0.25) is 36.3 Å². The molecule has 9 heterocycles. The number of hydrogen-bond donors (Lipinski definition) is 11. The molecule has 3 aliphatic rings. The van der Waals surface area contributed by atoms with Crippen molar-refractivity contribution in [3.63, 3.8) is 0 Å². The monoisotopic (exact) mass is 1010 g/mol. The van der Waals surface area contributed by atoms with E-state index in [4.69, 9.17) is 49.5 Å². The highest BCUT2D eigenvalue weighted by molar-refractivity contribution is 7.47. The lowest BCUT2D eigenvalue weighted by Gasteiger charge is -2.25. The van der Waals surface area contributed by atoms with Gasteiger partial charge in [0.2, 0.25) is 0 Å². The number of imidazole rings is 3. The van der Waals surface area contributed by atoms with Gasteiger partial charge in [-0.15, -0.1) is 0 Å². The van der Waals surface area contributed by atoms with Crippen LogP contribution in [0.2, 0.25) is 0 Å².